The first kappa shape index (κ1) is 22.5. The zero-order chi connectivity index (χ0) is 23.3. The lowest BCUT2D eigenvalue weighted by Gasteiger charge is -2.27. The second-order valence-electron chi connectivity index (χ2n) is 8.73. The summed E-state index contributed by atoms with van der Waals surface area (Å²) in [6.07, 6.45) is 4.53. The highest BCUT2D eigenvalue weighted by Gasteiger charge is 2.12. The van der Waals surface area contributed by atoms with Crippen LogP contribution in [0.5, 0.6) is 0 Å². The molecule has 1 aliphatic heterocycles. The number of aromatic amines is 1. The Labute approximate surface area is 203 Å². The minimum atomic E-state index is -0.00760. The van der Waals surface area contributed by atoms with Gasteiger partial charge in [-0.05, 0) is 53.3 Å². The van der Waals surface area contributed by atoms with Crippen molar-refractivity contribution in [2.75, 3.05) is 31.5 Å². The van der Waals surface area contributed by atoms with E-state index in [0.717, 1.165) is 71.0 Å². The van der Waals surface area contributed by atoms with Crippen molar-refractivity contribution in [3.05, 3.63) is 81.2 Å². The summed E-state index contributed by atoms with van der Waals surface area (Å²) < 4.78 is 0. The summed E-state index contributed by atoms with van der Waals surface area (Å²) in [6.45, 7) is 7.27. The molecular weight excluding hydrogens is 442 g/mol. The molecule has 174 valence electrons. The van der Waals surface area contributed by atoms with Crippen LogP contribution in [-0.4, -0.2) is 47.2 Å². The zero-order valence-corrected chi connectivity index (χ0v) is 20.1. The quantitative estimate of drug-likeness (QED) is 0.366. The van der Waals surface area contributed by atoms with E-state index in [2.05, 4.69) is 56.1 Å². The maximum atomic E-state index is 12.5. The van der Waals surface area contributed by atoms with Crippen LogP contribution >= 0.6 is 11.3 Å². The van der Waals surface area contributed by atoms with Crippen LogP contribution in [0.4, 0.5) is 5.69 Å². The molecule has 4 aromatic rings. The SMILES string of the molecule is Cc1cc2[nH]nc(/C=C/c3cccc(CN4CCNCC4)c3)c2cc1NC(=O)Cc1cccs1. The highest BCUT2D eigenvalue weighted by atomic mass is 32.1. The van der Waals surface area contributed by atoms with Gasteiger partial charge in [0, 0.05) is 48.7 Å². The summed E-state index contributed by atoms with van der Waals surface area (Å²) in [7, 11) is 0. The summed E-state index contributed by atoms with van der Waals surface area (Å²) in [6, 6.07) is 16.7. The average Bonchev–Trinajstić information content (AvgIpc) is 3.48. The minimum Gasteiger partial charge on any atom is -0.326 e. The van der Waals surface area contributed by atoms with Crippen molar-refractivity contribution >= 4 is 46.0 Å². The van der Waals surface area contributed by atoms with Gasteiger partial charge in [0.1, 0.15) is 0 Å². The minimum absolute atomic E-state index is 0.00760. The number of aryl methyl sites for hydroxylation is 1. The summed E-state index contributed by atoms with van der Waals surface area (Å²) >= 11 is 1.60. The third-order valence-electron chi connectivity index (χ3n) is 6.13. The predicted octanol–water partition coefficient (Wildman–Crippen LogP) is 4.69. The molecule has 0 spiro atoms. The summed E-state index contributed by atoms with van der Waals surface area (Å²) in [4.78, 5) is 16.1. The Balaban J connectivity index is 1.32. The number of piperazine rings is 1. The molecule has 6 nitrogen and oxygen atoms in total. The smallest absolute Gasteiger partial charge is 0.229 e. The first-order valence-corrected chi connectivity index (χ1v) is 12.5. The number of aromatic nitrogens is 2. The van der Waals surface area contributed by atoms with Gasteiger partial charge < -0.3 is 10.6 Å². The van der Waals surface area contributed by atoms with Crippen LogP contribution in [0, 0.1) is 6.92 Å². The zero-order valence-electron chi connectivity index (χ0n) is 19.3. The van der Waals surface area contributed by atoms with Crippen molar-refractivity contribution in [2.45, 2.75) is 19.9 Å². The van der Waals surface area contributed by atoms with Crippen LogP contribution in [0.15, 0.2) is 53.9 Å². The van der Waals surface area contributed by atoms with E-state index in [-0.39, 0.29) is 5.91 Å². The van der Waals surface area contributed by atoms with Crippen LogP contribution in [0.25, 0.3) is 23.1 Å². The maximum absolute atomic E-state index is 12.5. The number of rotatable bonds is 7. The third kappa shape index (κ3) is 5.44. The number of hydrogen-bond donors (Lipinski definition) is 3. The van der Waals surface area contributed by atoms with Gasteiger partial charge in [-0.15, -0.1) is 11.3 Å². The van der Waals surface area contributed by atoms with E-state index in [0.29, 0.717) is 6.42 Å². The Hall–Kier alpha value is -3.26. The summed E-state index contributed by atoms with van der Waals surface area (Å²) in [5, 5.41) is 17.1. The number of carbonyl (C=O) groups is 1. The Morgan fingerprint density at radius 1 is 1.15 bits per heavy atom. The van der Waals surface area contributed by atoms with Crippen LogP contribution in [0.2, 0.25) is 0 Å². The van der Waals surface area contributed by atoms with Crippen LogP contribution < -0.4 is 10.6 Å². The highest BCUT2D eigenvalue weighted by molar-refractivity contribution is 7.10. The van der Waals surface area contributed by atoms with Gasteiger partial charge in [0.05, 0.1) is 17.6 Å². The number of hydrogen-bond acceptors (Lipinski definition) is 5. The molecule has 2 aromatic carbocycles. The number of nitrogens with zero attached hydrogens (tertiary/aromatic N) is 2. The number of amides is 1. The molecule has 1 aliphatic rings. The third-order valence-corrected chi connectivity index (χ3v) is 7.00. The fraction of sp³-hybridized carbons (Fsp3) is 0.259. The molecule has 0 atom stereocenters. The molecule has 3 heterocycles. The second kappa shape index (κ2) is 10.3. The first-order chi connectivity index (χ1) is 16.6. The summed E-state index contributed by atoms with van der Waals surface area (Å²) in [5.41, 5.74) is 6.12. The molecule has 1 saturated heterocycles. The Kier molecular flexibility index (Phi) is 6.85. The van der Waals surface area contributed by atoms with E-state index < -0.39 is 0 Å². The van der Waals surface area contributed by atoms with E-state index >= 15 is 0 Å². The Bertz CT molecular complexity index is 1300. The molecule has 0 saturated carbocycles. The maximum Gasteiger partial charge on any atom is 0.229 e. The molecule has 0 unspecified atom stereocenters. The largest absolute Gasteiger partial charge is 0.326 e. The molecule has 0 radical (unpaired) electrons. The van der Waals surface area contributed by atoms with Crippen LogP contribution in [-0.2, 0) is 17.8 Å². The monoisotopic (exact) mass is 471 g/mol. The lowest BCUT2D eigenvalue weighted by Crippen LogP contribution is -2.42. The van der Waals surface area contributed by atoms with Crippen LogP contribution in [0.1, 0.15) is 27.3 Å². The van der Waals surface area contributed by atoms with Gasteiger partial charge in [0.25, 0.3) is 0 Å². The average molecular weight is 472 g/mol. The van der Waals surface area contributed by atoms with Crippen molar-refractivity contribution in [3.63, 3.8) is 0 Å². The van der Waals surface area contributed by atoms with Gasteiger partial charge in [-0.1, -0.05) is 36.4 Å². The van der Waals surface area contributed by atoms with Crippen molar-refractivity contribution < 1.29 is 4.79 Å². The van der Waals surface area contributed by atoms with Crippen LogP contribution in [0.3, 0.4) is 0 Å². The number of thiophene rings is 1. The lowest BCUT2D eigenvalue weighted by molar-refractivity contribution is -0.115. The standard InChI is InChI=1S/C27H29N5OS/c1-19-14-26-23(17-25(19)29-27(33)16-22-6-3-13-34-22)24(30-31-26)8-7-20-4-2-5-21(15-20)18-32-11-9-28-10-12-32/h2-8,13-15,17,28H,9-12,16,18H2,1H3,(H,29,33)(H,30,31)/b8-7+. The topological polar surface area (TPSA) is 73.1 Å². The van der Waals surface area contributed by atoms with Gasteiger partial charge in [-0.25, -0.2) is 0 Å². The normalized spacial score (nSPS) is 14.7. The fourth-order valence-electron chi connectivity index (χ4n) is 4.32. The lowest BCUT2D eigenvalue weighted by atomic mass is 10.1. The molecule has 34 heavy (non-hydrogen) atoms. The van der Waals surface area contributed by atoms with Crippen molar-refractivity contribution in [1.82, 2.24) is 20.4 Å². The molecule has 7 heteroatoms. The van der Waals surface area contributed by atoms with Gasteiger partial charge >= 0.3 is 0 Å². The number of fused-ring (bicyclic) bond motifs is 1. The Morgan fingerprint density at radius 2 is 2.03 bits per heavy atom. The molecule has 0 aliphatic carbocycles. The van der Waals surface area contributed by atoms with Crippen molar-refractivity contribution in [3.8, 4) is 0 Å². The van der Waals surface area contributed by atoms with Gasteiger partial charge in [-0.3, -0.25) is 14.8 Å². The number of nitrogens with one attached hydrogen (secondary N) is 3. The van der Waals surface area contributed by atoms with Crippen molar-refractivity contribution in [1.29, 1.82) is 0 Å². The van der Waals surface area contributed by atoms with E-state index in [4.69, 9.17) is 0 Å². The fourth-order valence-corrected chi connectivity index (χ4v) is 5.02. The molecule has 0 bridgehead atoms. The van der Waals surface area contributed by atoms with E-state index in [1.165, 1.54) is 5.56 Å². The van der Waals surface area contributed by atoms with E-state index in [1.54, 1.807) is 11.3 Å². The second-order valence-corrected chi connectivity index (χ2v) is 9.76. The number of H-pyrrole nitrogens is 1. The molecular formula is C27H29N5OS. The number of carbonyl (C=O) groups excluding carboxylic acids is 1. The molecule has 3 N–H and O–H groups in total. The van der Waals surface area contributed by atoms with Crippen molar-refractivity contribution in [2.24, 2.45) is 0 Å². The highest BCUT2D eigenvalue weighted by Crippen LogP contribution is 2.26. The predicted molar refractivity (Wildman–Crippen MR) is 141 cm³/mol. The molecule has 1 fully saturated rings. The number of benzene rings is 2. The molecule has 2 aromatic heterocycles. The first-order valence-electron chi connectivity index (χ1n) is 11.6. The van der Waals surface area contributed by atoms with Gasteiger partial charge in [-0.2, -0.15) is 5.10 Å². The molecule has 5 rings (SSSR count). The Morgan fingerprint density at radius 3 is 2.85 bits per heavy atom. The van der Waals surface area contributed by atoms with E-state index in [1.807, 2.05) is 42.6 Å². The van der Waals surface area contributed by atoms with E-state index in [9.17, 15) is 4.79 Å². The molecule has 1 amide bonds. The van der Waals surface area contributed by atoms with Gasteiger partial charge in [0.2, 0.25) is 5.91 Å². The van der Waals surface area contributed by atoms with Gasteiger partial charge in [0.15, 0.2) is 0 Å². The summed E-state index contributed by atoms with van der Waals surface area (Å²) in [5.74, 6) is -0.00760. The number of anilines is 1.